The minimum Gasteiger partial charge on any atom is -0.374 e. The van der Waals surface area contributed by atoms with Gasteiger partial charge in [0.2, 0.25) is 0 Å². The predicted molar refractivity (Wildman–Crippen MR) is 140 cm³/mol. The Morgan fingerprint density at radius 1 is 1.09 bits per heavy atom. The second-order valence-electron chi connectivity index (χ2n) is 9.18. The highest BCUT2D eigenvalue weighted by molar-refractivity contribution is 5.79. The molecule has 184 valence electrons. The van der Waals surface area contributed by atoms with E-state index < -0.39 is 6.23 Å². The molecule has 0 spiro atoms. The van der Waals surface area contributed by atoms with Crippen LogP contribution in [-0.4, -0.2) is 48.8 Å². The van der Waals surface area contributed by atoms with Gasteiger partial charge in [-0.25, -0.2) is 0 Å². The molecule has 5 nitrogen and oxygen atoms in total. The molecule has 32 heavy (non-hydrogen) atoms. The molecular formula is C27H50N4O. The van der Waals surface area contributed by atoms with Crippen molar-refractivity contribution in [3.05, 3.63) is 34.4 Å². The molecule has 1 aliphatic rings. The fraction of sp³-hybridized carbons (Fsp3) is 0.741. The Balaban J connectivity index is 3.13. The van der Waals surface area contributed by atoms with Gasteiger partial charge in [-0.2, -0.15) is 5.10 Å². The Morgan fingerprint density at radius 3 is 2.34 bits per heavy atom. The van der Waals surface area contributed by atoms with Crippen LogP contribution in [0.15, 0.2) is 39.5 Å². The van der Waals surface area contributed by atoms with E-state index in [9.17, 15) is 5.11 Å². The third-order valence-corrected chi connectivity index (χ3v) is 6.50. The number of rotatable bonds is 14. The maximum atomic E-state index is 11.3. The summed E-state index contributed by atoms with van der Waals surface area (Å²) in [6.07, 6.45) is 13.6. The monoisotopic (exact) mass is 446 g/mol. The largest absolute Gasteiger partial charge is 0.374 e. The first-order valence-corrected chi connectivity index (χ1v) is 12.8. The molecule has 0 amide bonds. The first kappa shape index (κ1) is 28.4. The van der Waals surface area contributed by atoms with E-state index in [0.29, 0.717) is 5.92 Å². The zero-order chi connectivity index (χ0) is 23.9. The molecule has 1 rings (SSSR count). The molecule has 0 aromatic heterocycles. The summed E-state index contributed by atoms with van der Waals surface area (Å²) in [4.78, 5) is 2.24. The van der Waals surface area contributed by atoms with Gasteiger partial charge in [0.15, 0.2) is 0 Å². The normalized spacial score (nSPS) is 18.2. The van der Waals surface area contributed by atoms with E-state index in [4.69, 9.17) is 0 Å². The van der Waals surface area contributed by atoms with Gasteiger partial charge in [0, 0.05) is 26.7 Å². The topological polar surface area (TPSA) is 59.9 Å². The fourth-order valence-electron chi connectivity index (χ4n) is 4.70. The Hall–Kier alpha value is -1.59. The summed E-state index contributed by atoms with van der Waals surface area (Å²) in [5.41, 5.74) is 7.86. The Kier molecular flexibility index (Phi) is 14.3. The first-order valence-electron chi connectivity index (χ1n) is 12.8. The van der Waals surface area contributed by atoms with Gasteiger partial charge in [0.05, 0.1) is 0 Å². The fourth-order valence-corrected chi connectivity index (χ4v) is 4.70. The van der Waals surface area contributed by atoms with Gasteiger partial charge in [0.1, 0.15) is 12.1 Å². The molecule has 1 atom stereocenters. The van der Waals surface area contributed by atoms with Crippen molar-refractivity contribution in [2.24, 2.45) is 11.0 Å². The van der Waals surface area contributed by atoms with Crippen molar-refractivity contribution in [2.75, 3.05) is 26.7 Å². The summed E-state index contributed by atoms with van der Waals surface area (Å²) in [5, 5.41) is 18.9. The lowest BCUT2D eigenvalue weighted by Gasteiger charge is -2.30. The van der Waals surface area contributed by atoms with Crippen molar-refractivity contribution in [3.63, 3.8) is 0 Å². The summed E-state index contributed by atoms with van der Waals surface area (Å²) >= 11 is 0. The average molecular weight is 447 g/mol. The van der Waals surface area contributed by atoms with Gasteiger partial charge in [-0.3, -0.25) is 4.90 Å². The number of allylic oxidation sites excluding steroid dienone is 3. The molecule has 3 N–H and O–H groups in total. The number of hydrogen-bond acceptors (Lipinski definition) is 4. The average Bonchev–Trinajstić information content (AvgIpc) is 3.30. The van der Waals surface area contributed by atoms with Crippen molar-refractivity contribution < 1.29 is 5.11 Å². The molecule has 0 saturated heterocycles. The summed E-state index contributed by atoms with van der Waals surface area (Å²) in [6.45, 7) is 15.5. The number of aliphatic hydroxyl groups excluding tert-OH is 1. The molecule has 1 saturated carbocycles. The summed E-state index contributed by atoms with van der Waals surface area (Å²) < 4.78 is 0. The van der Waals surface area contributed by atoms with E-state index in [1.54, 1.807) is 0 Å². The lowest BCUT2D eigenvalue weighted by atomic mass is 9.89. The second-order valence-corrected chi connectivity index (χ2v) is 9.18. The summed E-state index contributed by atoms with van der Waals surface area (Å²) in [5.74, 6) is 1.50. The summed E-state index contributed by atoms with van der Waals surface area (Å²) in [6, 6.07) is 0. The van der Waals surface area contributed by atoms with Crippen LogP contribution in [0.1, 0.15) is 92.9 Å². The van der Waals surface area contributed by atoms with Gasteiger partial charge >= 0.3 is 0 Å². The number of unbranched alkanes of at least 4 members (excludes halogenated alkanes) is 2. The Morgan fingerprint density at radius 2 is 1.78 bits per heavy atom. The number of hydrazone groups is 1. The standard InChI is InChI=1S/C27H50N4O/c1-8-11-14-18-31(17-9-2)27(32)25(10-3)21(4)19-26(24-15-12-13-16-24)22(5)20-29-23(6)30-28-7/h10,19,24,27-28,32H,8-9,11-18,20H2,1-7H3,(H,29,30)/b21-19-,25-10+,26-22-. The van der Waals surface area contributed by atoms with E-state index in [-0.39, 0.29) is 0 Å². The lowest BCUT2D eigenvalue weighted by molar-refractivity contribution is 0.0327. The molecule has 0 aliphatic heterocycles. The minimum absolute atomic E-state index is 0.540. The zero-order valence-electron chi connectivity index (χ0n) is 21.9. The van der Waals surface area contributed by atoms with E-state index >= 15 is 0 Å². The van der Waals surface area contributed by atoms with Crippen LogP contribution < -0.4 is 10.7 Å². The Labute approximate surface area is 198 Å². The third-order valence-electron chi connectivity index (χ3n) is 6.50. The SMILES string of the molecule is C\C=C(/C(C)=C\C(=C(/C)CN/C(C)=N\NC)C1CCCC1)C(O)N(CCC)CCCCC. The van der Waals surface area contributed by atoms with Crippen molar-refractivity contribution >= 4 is 5.84 Å². The van der Waals surface area contributed by atoms with Crippen LogP contribution in [-0.2, 0) is 0 Å². The van der Waals surface area contributed by atoms with E-state index in [1.807, 2.05) is 14.0 Å². The van der Waals surface area contributed by atoms with Gasteiger partial charge in [-0.1, -0.05) is 57.3 Å². The van der Waals surface area contributed by atoms with Gasteiger partial charge < -0.3 is 15.8 Å². The third kappa shape index (κ3) is 9.50. The molecular weight excluding hydrogens is 396 g/mol. The van der Waals surface area contributed by atoms with Crippen LogP contribution in [0.5, 0.6) is 0 Å². The molecule has 0 bridgehead atoms. The van der Waals surface area contributed by atoms with E-state index in [1.165, 1.54) is 55.2 Å². The smallest absolute Gasteiger partial charge is 0.133 e. The van der Waals surface area contributed by atoms with E-state index in [2.05, 4.69) is 67.5 Å². The number of nitrogens with zero attached hydrogens (tertiary/aromatic N) is 2. The predicted octanol–water partition coefficient (Wildman–Crippen LogP) is 5.75. The maximum Gasteiger partial charge on any atom is 0.133 e. The van der Waals surface area contributed by atoms with Crippen LogP contribution in [0.3, 0.4) is 0 Å². The summed E-state index contributed by atoms with van der Waals surface area (Å²) in [7, 11) is 1.82. The minimum atomic E-state index is -0.540. The quantitative estimate of drug-likeness (QED) is 0.0794. The molecule has 0 aromatic carbocycles. The first-order chi connectivity index (χ1) is 15.4. The second kappa shape index (κ2) is 16.1. The van der Waals surface area contributed by atoms with Gasteiger partial charge in [-0.15, -0.1) is 0 Å². The van der Waals surface area contributed by atoms with Gasteiger partial charge in [-0.05, 0) is 76.0 Å². The number of amidine groups is 1. The highest BCUT2D eigenvalue weighted by Gasteiger charge is 2.23. The highest BCUT2D eigenvalue weighted by atomic mass is 16.3. The van der Waals surface area contributed by atoms with Crippen molar-refractivity contribution in [3.8, 4) is 0 Å². The molecule has 1 fully saturated rings. The van der Waals surface area contributed by atoms with Crippen molar-refractivity contribution in [2.45, 2.75) is 99.1 Å². The highest BCUT2D eigenvalue weighted by Crippen LogP contribution is 2.35. The zero-order valence-corrected chi connectivity index (χ0v) is 21.9. The Bertz CT molecular complexity index is 657. The molecule has 0 aromatic rings. The van der Waals surface area contributed by atoms with Crippen LogP contribution in [0.2, 0.25) is 0 Å². The number of aliphatic hydroxyl groups is 1. The molecule has 1 unspecified atom stereocenters. The molecule has 0 heterocycles. The van der Waals surface area contributed by atoms with Crippen LogP contribution >= 0.6 is 0 Å². The maximum absolute atomic E-state index is 11.3. The van der Waals surface area contributed by atoms with Crippen LogP contribution in [0.4, 0.5) is 0 Å². The van der Waals surface area contributed by atoms with Gasteiger partial charge in [0.25, 0.3) is 0 Å². The van der Waals surface area contributed by atoms with Crippen LogP contribution in [0, 0.1) is 5.92 Å². The number of nitrogens with one attached hydrogen (secondary N) is 2. The molecule has 1 aliphatic carbocycles. The lowest BCUT2D eigenvalue weighted by Crippen LogP contribution is -2.38. The van der Waals surface area contributed by atoms with Crippen molar-refractivity contribution in [1.82, 2.24) is 15.6 Å². The molecule has 5 heteroatoms. The van der Waals surface area contributed by atoms with Crippen LogP contribution in [0.25, 0.3) is 0 Å². The van der Waals surface area contributed by atoms with E-state index in [0.717, 1.165) is 43.9 Å². The molecule has 0 radical (unpaired) electrons. The van der Waals surface area contributed by atoms with Crippen molar-refractivity contribution in [1.29, 1.82) is 0 Å². The number of hydrogen-bond donors (Lipinski definition) is 3.